The average molecular weight is 2010 g/mol. The molecule has 33 heteroatoms. The van der Waals surface area contributed by atoms with Gasteiger partial charge < -0.3 is 138 Å². The summed E-state index contributed by atoms with van der Waals surface area (Å²) in [5.74, 6) is -3.94. The Hall–Kier alpha value is -4.02. The van der Waals surface area contributed by atoms with Crippen molar-refractivity contribution in [3.8, 4) is 0 Å². The largest absolute Gasteiger partial charge is 0.481 e. The number of aliphatic hydroxyl groups is 21. The molecule has 0 rings (SSSR count). The van der Waals surface area contributed by atoms with E-state index in [-0.39, 0.29) is 92.5 Å². The summed E-state index contributed by atoms with van der Waals surface area (Å²) in [4.78, 5) is 61.6. The van der Waals surface area contributed by atoms with Crippen LogP contribution in [0.5, 0.6) is 0 Å². The van der Waals surface area contributed by atoms with Gasteiger partial charge in [0.15, 0.2) is 0 Å². The van der Waals surface area contributed by atoms with Crippen molar-refractivity contribution in [1.29, 1.82) is 0 Å². The lowest BCUT2D eigenvalue weighted by Gasteiger charge is -2.01. The second-order valence-electron chi connectivity index (χ2n) is 35.2. The van der Waals surface area contributed by atoms with E-state index in [2.05, 4.69) is 41.5 Å². The summed E-state index contributed by atoms with van der Waals surface area (Å²) >= 11 is 0. The molecular formula is C105H224O33. The highest BCUT2D eigenvalue weighted by molar-refractivity contribution is 5.68. The van der Waals surface area contributed by atoms with Crippen LogP contribution in [0.15, 0.2) is 0 Å². The summed E-state index contributed by atoms with van der Waals surface area (Å²) in [7, 11) is 0. The highest BCUT2D eigenvalue weighted by Crippen LogP contribution is 2.18. The van der Waals surface area contributed by atoms with Crippen LogP contribution >= 0.6 is 0 Å². The Kier molecular flexibility index (Phi) is 186. The standard InChI is InChI=1S/6C14H28O2.7C3H8O3/c6*1-2-3-4-5-6-7-8-9-10-11-12-13-14(15)16;7*4-1-3(6)2-5/h6*2-13H2,1H3,(H,15,16);7*3-6H,1-2H2. The first-order valence-electron chi connectivity index (χ1n) is 53.9. The van der Waals surface area contributed by atoms with Gasteiger partial charge >= 0.3 is 35.8 Å². The zero-order valence-electron chi connectivity index (χ0n) is 88.4. The second-order valence-corrected chi connectivity index (χ2v) is 35.2. The number of carboxylic acid groups (broad SMARTS) is 6. The van der Waals surface area contributed by atoms with Gasteiger partial charge in [0, 0.05) is 38.5 Å². The predicted octanol–water partition coefficient (Wildman–Crippen LogP) is 17.0. The van der Waals surface area contributed by atoms with Crippen LogP contribution in [0.4, 0.5) is 0 Å². The SMILES string of the molecule is CCCCCCCCCCCCCC(=O)O.CCCCCCCCCCCCCC(=O)O.CCCCCCCCCCCCCC(=O)O.CCCCCCCCCCCCCC(=O)O.CCCCCCCCCCCCCC(=O)O.CCCCCCCCCCCCCC(=O)O.OCC(O)CO.OCC(O)CO.OCC(O)CO.OCC(O)CO.OCC(O)CO.OCC(O)CO.OCC(O)CO. The number of aliphatic carboxylic acids is 6. The molecule has 0 saturated carbocycles. The fraction of sp³-hybridized carbons (Fsp3) is 0.943. The molecule has 0 aromatic carbocycles. The van der Waals surface area contributed by atoms with Gasteiger partial charge in [-0.05, 0) is 38.5 Å². The highest BCUT2D eigenvalue weighted by atomic mass is 16.4. The summed E-state index contributed by atoms with van der Waals surface area (Å²) in [6.45, 7) is 8.38. The molecular weight excluding hydrogens is 1790 g/mol. The summed E-state index contributed by atoms with van der Waals surface area (Å²) in [6.07, 6.45) is 79.5. The molecule has 0 aromatic rings. The third-order valence-corrected chi connectivity index (χ3v) is 20.9. The number of rotatable bonds is 86. The maximum absolute atomic E-state index is 10.3. The minimum Gasteiger partial charge on any atom is -0.481 e. The van der Waals surface area contributed by atoms with E-state index in [1.807, 2.05) is 0 Å². The van der Waals surface area contributed by atoms with Gasteiger partial charge in [-0.2, -0.15) is 0 Å². The van der Waals surface area contributed by atoms with Gasteiger partial charge in [0.1, 0.15) is 42.7 Å². The van der Waals surface area contributed by atoms with Crippen molar-refractivity contribution in [1.82, 2.24) is 0 Å². The molecule has 0 aliphatic heterocycles. The lowest BCUT2D eigenvalue weighted by molar-refractivity contribution is -0.138. The molecule has 33 nitrogen and oxygen atoms in total. The molecule has 0 aliphatic rings. The second kappa shape index (κ2) is 158. The monoisotopic (exact) mass is 2010 g/mol. The summed E-state index contributed by atoms with van der Waals surface area (Å²) < 4.78 is 0. The van der Waals surface area contributed by atoms with Crippen LogP contribution in [-0.2, 0) is 28.8 Å². The van der Waals surface area contributed by atoms with Gasteiger partial charge in [0.05, 0.1) is 92.5 Å². The van der Waals surface area contributed by atoms with Crippen molar-refractivity contribution in [3.05, 3.63) is 0 Å². The molecule has 0 amide bonds. The normalized spacial score (nSPS) is 10.4. The number of aliphatic hydroxyl groups excluding tert-OH is 21. The van der Waals surface area contributed by atoms with E-state index in [9.17, 15) is 28.8 Å². The minimum absolute atomic E-state index is 0.344. The fourth-order valence-electron chi connectivity index (χ4n) is 12.0. The maximum atomic E-state index is 10.3. The van der Waals surface area contributed by atoms with Gasteiger partial charge in [0.2, 0.25) is 0 Å². The molecule has 842 valence electrons. The van der Waals surface area contributed by atoms with Gasteiger partial charge in [-0.3, -0.25) is 28.8 Å². The van der Waals surface area contributed by atoms with Crippen molar-refractivity contribution < 1.29 is 167 Å². The van der Waals surface area contributed by atoms with Crippen LogP contribution < -0.4 is 0 Å². The first-order valence-corrected chi connectivity index (χ1v) is 53.9. The van der Waals surface area contributed by atoms with E-state index >= 15 is 0 Å². The quantitative estimate of drug-likeness (QED) is 0.0251. The van der Waals surface area contributed by atoms with Crippen molar-refractivity contribution in [2.45, 2.75) is 547 Å². The number of carbonyl (C=O) groups is 6. The molecule has 0 bridgehead atoms. The summed E-state index contributed by atoms with van der Waals surface area (Å²) in [5, 5.41) is 219. The molecule has 0 aromatic heterocycles. The first kappa shape index (κ1) is 162. The van der Waals surface area contributed by atoms with Gasteiger partial charge in [-0.15, -0.1) is 0 Å². The van der Waals surface area contributed by atoms with Crippen molar-refractivity contribution >= 4 is 35.8 Å². The maximum Gasteiger partial charge on any atom is 0.303 e. The lowest BCUT2D eigenvalue weighted by Crippen LogP contribution is -2.15. The van der Waals surface area contributed by atoms with Crippen LogP contribution in [0, 0.1) is 0 Å². The van der Waals surface area contributed by atoms with Crippen LogP contribution in [0.25, 0.3) is 0 Å². The minimum atomic E-state index is -0.954. The third-order valence-electron chi connectivity index (χ3n) is 20.9. The molecule has 0 heterocycles. The first-order chi connectivity index (χ1) is 66.3. The van der Waals surface area contributed by atoms with E-state index < -0.39 is 78.5 Å². The van der Waals surface area contributed by atoms with E-state index in [0.29, 0.717) is 38.5 Å². The van der Waals surface area contributed by atoms with Gasteiger partial charge in [-0.1, -0.05) is 427 Å². The molecule has 0 unspecified atom stereocenters. The van der Waals surface area contributed by atoms with Gasteiger partial charge in [0.25, 0.3) is 0 Å². The molecule has 138 heavy (non-hydrogen) atoms. The topological polar surface area (TPSA) is 649 Å². The number of hydrogen-bond donors (Lipinski definition) is 27. The van der Waals surface area contributed by atoms with E-state index in [1.165, 1.54) is 347 Å². The zero-order valence-corrected chi connectivity index (χ0v) is 88.4. The van der Waals surface area contributed by atoms with Crippen LogP contribution in [-0.4, -0.2) is 309 Å². The van der Waals surface area contributed by atoms with E-state index in [4.69, 9.17) is 138 Å². The van der Waals surface area contributed by atoms with Crippen LogP contribution in [0.3, 0.4) is 0 Å². The Morgan fingerprint density at radius 3 is 0.225 bits per heavy atom. The molecule has 0 radical (unpaired) electrons. The Bertz CT molecular complexity index is 1730. The molecule has 0 aliphatic carbocycles. The smallest absolute Gasteiger partial charge is 0.303 e. The van der Waals surface area contributed by atoms with Crippen molar-refractivity contribution in [3.63, 3.8) is 0 Å². The summed E-state index contributed by atoms with van der Waals surface area (Å²) in [5.41, 5.74) is 0. The van der Waals surface area contributed by atoms with Crippen LogP contribution in [0.2, 0.25) is 0 Å². The fourth-order valence-corrected chi connectivity index (χ4v) is 12.0. The number of unbranched alkanes of at least 4 members (excludes halogenated alkanes) is 60. The Morgan fingerprint density at radius 2 is 0.181 bits per heavy atom. The van der Waals surface area contributed by atoms with Crippen molar-refractivity contribution in [2.75, 3.05) is 92.5 Å². The Balaban J connectivity index is -0.000000114. The Labute approximate surface area is 837 Å². The van der Waals surface area contributed by atoms with Gasteiger partial charge in [-0.25, -0.2) is 0 Å². The predicted molar refractivity (Wildman–Crippen MR) is 554 cm³/mol. The number of carboxylic acids is 6. The molecule has 0 atom stereocenters. The number of hydrogen-bond acceptors (Lipinski definition) is 27. The third kappa shape index (κ3) is 218. The average Bonchev–Trinajstić information content (AvgIpc) is 1.11. The highest BCUT2D eigenvalue weighted by Gasteiger charge is 2.06. The molecule has 27 N–H and O–H groups in total. The van der Waals surface area contributed by atoms with Crippen LogP contribution in [0.1, 0.15) is 504 Å². The molecule has 0 fully saturated rings. The molecule has 0 saturated heterocycles. The zero-order chi connectivity index (χ0) is 107. The van der Waals surface area contributed by atoms with E-state index in [1.54, 1.807) is 0 Å². The molecule has 0 spiro atoms. The lowest BCUT2D eigenvalue weighted by atomic mass is 10.1. The van der Waals surface area contributed by atoms with Crippen molar-refractivity contribution in [2.24, 2.45) is 0 Å². The Morgan fingerprint density at radius 1 is 0.123 bits per heavy atom. The van der Waals surface area contributed by atoms with E-state index in [0.717, 1.165) is 77.0 Å². The summed E-state index contributed by atoms with van der Waals surface area (Å²) in [6, 6.07) is 0.